The molecule has 0 radical (unpaired) electrons. The third-order valence-corrected chi connectivity index (χ3v) is 7.53. The molecule has 2 rings (SSSR count). The zero-order valence-electron chi connectivity index (χ0n) is 9.90. The molecule has 0 amide bonds. The summed E-state index contributed by atoms with van der Waals surface area (Å²) in [7, 11) is -1.56. The van der Waals surface area contributed by atoms with Crippen molar-refractivity contribution in [3.05, 3.63) is 14.7 Å². The highest BCUT2D eigenvalue weighted by Crippen LogP contribution is 2.32. The Morgan fingerprint density at radius 2 is 2.33 bits per heavy atom. The van der Waals surface area contributed by atoms with Gasteiger partial charge in [0.05, 0.1) is 3.79 Å². The van der Waals surface area contributed by atoms with Crippen LogP contribution in [-0.2, 0) is 16.6 Å². The van der Waals surface area contributed by atoms with E-state index >= 15 is 0 Å². The third-order valence-electron chi connectivity index (χ3n) is 2.60. The Labute approximate surface area is 124 Å². The Morgan fingerprint density at radius 3 is 2.94 bits per heavy atom. The zero-order chi connectivity index (χ0) is 13.2. The Balaban J connectivity index is 2.17. The van der Waals surface area contributed by atoms with E-state index in [0.29, 0.717) is 15.2 Å². The summed E-state index contributed by atoms with van der Waals surface area (Å²) in [6, 6.07) is 1.80. The fraction of sp³-hybridized carbons (Fsp3) is 0.600. The quantitative estimate of drug-likeness (QED) is 0.832. The largest absolute Gasteiger partial charge is 0.315 e. The molecule has 0 bridgehead atoms. The summed E-state index contributed by atoms with van der Waals surface area (Å²) in [5.74, 6) is 1.90. The van der Waals surface area contributed by atoms with Gasteiger partial charge in [-0.25, -0.2) is 13.1 Å². The van der Waals surface area contributed by atoms with E-state index < -0.39 is 10.0 Å². The molecule has 2 heterocycles. The van der Waals surface area contributed by atoms with Gasteiger partial charge in [0.15, 0.2) is 0 Å². The fourth-order valence-corrected chi connectivity index (χ4v) is 6.98. The first-order valence-corrected chi connectivity index (χ1v) is 9.80. The van der Waals surface area contributed by atoms with Gasteiger partial charge in [-0.15, -0.1) is 11.3 Å². The maximum Gasteiger partial charge on any atom is 0.242 e. The van der Waals surface area contributed by atoms with Gasteiger partial charge < -0.3 is 5.32 Å². The van der Waals surface area contributed by atoms with Gasteiger partial charge in [-0.3, -0.25) is 0 Å². The molecule has 18 heavy (non-hydrogen) atoms. The molecule has 1 aromatic heterocycles. The lowest BCUT2D eigenvalue weighted by Gasteiger charge is -2.11. The van der Waals surface area contributed by atoms with Crippen LogP contribution < -0.4 is 10.0 Å². The molecule has 0 aromatic carbocycles. The third kappa shape index (κ3) is 3.49. The summed E-state index contributed by atoms with van der Waals surface area (Å²) in [5, 5.41) is 3.02. The molecular weight excluding hydrogens is 356 g/mol. The van der Waals surface area contributed by atoms with E-state index in [1.807, 2.05) is 7.05 Å². The van der Waals surface area contributed by atoms with E-state index in [4.69, 9.17) is 0 Å². The van der Waals surface area contributed by atoms with Crippen molar-refractivity contribution < 1.29 is 8.42 Å². The lowest BCUT2D eigenvalue weighted by Crippen LogP contribution is -2.34. The Kier molecular flexibility index (Phi) is 5.13. The predicted octanol–water partition coefficient (Wildman–Crippen LogP) is 2.01. The number of nitrogens with one attached hydrogen (secondary N) is 2. The van der Waals surface area contributed by atoms with Gasteiger partial charge in [0.1, 0.15) is 4.90 Å². The topological polar surface area (TPSA) is 58.2 Å². The monoisotopic (exact) mass is 370 g/mol. The SMILES string of the molecule is CNCc1cc(S(=O)(=O)NC2CCSC2)c(Br)s1. The maximum atomic E-state index is 12.3. The second-order valence-corrected chi connectivity index (χ2v) is 9.35. The average molecular weight is 371 g/mol. The second kappa shape index (κ2) is 6.23. The highest BCUT2D eigenvalue weighted by atomic mass is 79.9. The summed E-state index contributed by atoms with van der Waals surface area (Å²) in [5.41, 5.74) is 0. The van der Waals surface area contributed by atoms with Crippen molar-refractivity contribution in [3.63, 3.8) is 0 Å². The van der Waals surface area contributed by atoms with Crippen molar-refractivity contribution in [1.29, 1.82) is 0 Å². The molecule has 1 aromatic rings. The molecule has 1 aliphatic rings. The number of rotatable bonds is 5. The number of hydrogen-bond acceptors (Lipinski definition) is 5. The molecular formula is C10H15BrN2O2S3. The highest BCUT2D eigenvalue weighted by Gasteiger charge is 2.26. The van der Waals surface area contributed by atoms with Crippen LogP contribution in [0.5, 0.6) is 0 Å². The molecule has 4 nitrogen and oxygen atoms in total. The molecule has 1 fully saturated rings. The van der Waals surface area contributed by atoms with E-state index in [0.717, 1.165) is 22.8 Å². The highest BCUT2D eigenvalue weighted by molar-refractivity contribution is 9.11. The fourth-order valence-electron chi connectivity index (χ4n) is 1.75. The molecule has 8 heteroatoms. The van der Waals surface area contributed by atoms with Crippen LogP contribution in [0.1, 0.15) is 11.3 Å². The standard InChI is InChI=1S/C10H15BrN2O2S3/c1-12-5-8-4-9(10(11)17-8)18(14,15)13-7-2-3-16-6-7/h4,7,12-13H,2-3,5-6H2,1H3. The summed E-state index contributed by atoms with van der Waals surface area (Å²) in [6.45, 7) is 0.679. The van der Waals surface area contributed by atoms with Crippen LogP contribution in [0.2, 0.25) is 0 Å². The maximum absolute atomic E-state index is 12.3. The Hall–Kier alpha value is 0.400. The molecule has 102 valence electrons. The van der Waals surface area contributed by atoms with E-state index in [1.165, 1.54) is 11.3 Å². The van der Waals surface area contributed by atoms with Gasteiger partial charge in [0, 0.05) is 23.2 Å². The molecule has 1 unspecified atom stereocenters. The van der Waals surface area contributed by atoms with E-state index in [1.54, 1.807) is 17.8 Å². The Morgan fingerprint density at radius 1 is 1.56 bits per heavy atom. The first-order valence-electron chi connectivity index (χ1n) is 5.56. The van der Waals surface area contributed by atoms with Gasteiger partial charge in [-0.2, -0.15) is 11.8 Å². The van der Waals surface area contributed by atoms with Gasteiger partial charge in [0.25, 0.3) is 0 Å². The van der Waals surface area contributed by atoms with E-state index in [2.05, 4.69) is 26.0 Å². The van der Waals surface area contributed by atoms with Crippen molar-refractivity contribution in [2.75, 3.05) is 18.6 Å². The van der Waals surface area contributed by atoms with Crippen molar-refractivity contribution in [2.24, 2.45) is 0 Å². The number of thiophene rings is 1. The number of thioether (sulfide) groups is 1. The molecule has 1 saturated heterocycles. The minimum absolute atomic E-state index is 0.0690. The molecule has 0 spiro atoms. The second-order valence-electron chi connectivity index (χ2n) is 4.06. The van der Waals surface area contributed by atoms with E-state index in [9.17, 15) is 8.42 Å². The molecule has 1 atom stereocenters. The number of hydrogen-bond donors (Lipinski definition) is 2. The van der Waals surface area contributed by atoms with Gasteiger partial charge >= 0.3 is 0 Å². The Bertz CT molecular complexity index is 509. The number of halogens is 1. The van der Waals surface area contributed by atoms with Crippen molar-refractivity contribution in [3.8, 4) is 0 Å². The van der Waals surface area contributed by atoms with Crippen molar-refractivity contribution in [1.82, 2.24) is 10.0 Å². The lowest BCUT2D eigenvalue weighted by molar-refractivity contribution is 0.563. The minimum atomic E-state index is -3.40. The van der Waals surface area contributed by atoms with Gasteiger partial charge in [0.2, 0.25) is 10.0 Å². The first-order chi connectivity index (χ1) is 8.53. The summed E-state index contributed by atoms with van der Waals surface area (Å²) < 4.78 is 28.0. The summed E-state index contributed by atoms with van der Waals surface area (Å²) in [4.78, 5) is 1.36. The summed E-state index contributed by atoms with van der Waals surface area (Å²) in [6.07, 6.45) is 0.912. The van der Waals surface area contributed by atoms with Crippen LogP contribution in [-0.4, -0.2) is 33.0 Å². The number of sulfonamides is 1. The smallest absolute Gasteiger partial charge is 0.242 e. The van der Waals surface area contributed by atoms with Crippen molar-refractivity contribution >= 4 is 49.1 Å². The molecule has 0 saturated carbocycles. The predicted molar refractivity (Wildman–Crippen MR) is 80.8 cm³/mol. The van der Waals surface area contributed by atoms with Crippen LogP contribution in [0.15, 0.2) is 14.7 Å². The van der Waals surface area contributed by atoms with Gasteiger partial charge in [-0.05, 0) is 41.2 Å². The van der Waals surface area contributed by atoms with Gasteiger partial charge in [-0.1, -0.05) is 0 Å². The van der Waals surface area contributed by atoms with Crippen LogP contribution in [0, 0.1) is 0 Å². The lowest BCUT2D eigenvalue weighted by atomic mass is 10.3. The average Bonchev–Trinajstić information content (AvgIpc) is 2.88. The molecule has 0 aliphatic carbocycles. The zero-order valence-corrected chi connectivity index (χ0v) is 13.9. The van der Waals surface area contributed by atoms with Crippen LogP contribution in [0.25, 0.3) is 0 Å². The van der Waals surface area contributed by atoms with E-state index in [-0.39, 0.29) is 6.04 Å². The van der Waals surface area contributed by atoms with Crippen LogP contribution in [0.4, 0.5) is 0 Å². The first kappa shape index (κ1) is 14.8. The van der Waals surface area contributed by atoms with Crippen molar-refractivity contribution in [2.45, 2.75) is 23.9 Å². The van der Waals surface area contributed by atoms with Crippen LogP contribution in [0.3, 0.4) is 0 Å². The molecule has 2 N–H and O–H groups in total. The minimum Gasteiger partial charge on any atom is -0.315 e. The van der Waals surface area contributed by atoms with Crippen LogP contribution >= 0.6 is 39.0 Å². The summed E-state index contributed by atoms with van der Waals surface area (Å²) >= 11 is 6.58. The normalized spacial score (nSPS) is 20.4. The molecule has 1 aliphatic heterocycles.